The molecule has 0 aliphatic heterocycles. The van der Waals surface area contributed by atoms with Crippen molar-refractivity contribution in [2.24, 2.45) is 0 Å². The lowest BCUT2D eigenvalue weighted by molar-refractivity contribution is 0.432. The second kappa shape index (κ2) is 6.32. The molecule has 5 heteroatoms. The van der Waals surface area contributed by atoms with Gasteiger partial charge < -0.3 is 10.4 Å². The van der Waals surface area contributed by atoms with E-state index in [4.69, 9.17) is 0 Å². The predicted octanol–water partition coefficient (Wildman–Crippen LogP) is 3.37. The molecule has 4 nitrogen and oxygen atoms in total. The van der Waals surface area contributed by atoms with Crippen LogP contribution in [0, 0.1) is 5.82 Å². The molecule has 0 spiro atoms. The summed E-state index contributed by atoms with van der Waals surface area (Å²) in [5.41, 5.74) is 1.47. The van der Waals surface area contributed by atoms with Crippen LogP contribution in [0.4, 0.5) is 10.2 Å². The minimum atomic E-state index is -0.669. The Morgan fingerprint density at radius 2 is 2.00 bits per heavy atom. The van der Waals surface area contributed by atoms with Crippen molar-refractivity contribution in [3.8, 4) is 17.1 Å². The maximum atomic E-state index is 13.4. The first-order valence-electron chi connectivity index (χ1n) is 6.74. The molecule has 0 bridgehead atoms. The first-order valence-corrected chi connectivity index (χ1v) is 6.74. The number of hydrogen-bond donors (Lipinski definition) is 2. The molecule has 0 aliphatic carbocycles. The van der Waals surface area contributed by atoms with Gasteiger partial charge in [-0.2, -0.15) is 0 Å². The lowest BCUT2D eigenvalue weighted by Crippen LogP contribution is -2.04. The minimum absolute atomic E-state index is 0.370. The molecule has 0 radical (unpaired) electrons. The molecule has 0 atom stereocenters. The van der Waals surface area contributed by atoms with Crippen LogP contribution >= 0.6 is 0 Å². The van der Waals surface area contributed by atoms with E-state index in [0.717, 1.165) is 30.9 Å². The Bertz CT molecular complexity index is 577. The van der Waals surface area contributed by atoms with E-state index < -0.39 is 5.82 Å². The van der Waals surface area contributed by atoms with Gasteiger partial charge in [-0.15, -0.1) is 0 Å². The Hall–Kier alpha value is -2.17. The summed E-state index contributed by atoms with van der Waals surface area (Å²) in [6.45, 7) is 4.82. The van der Waals surface area contributed by atoms with Gasteiger partial charge in [0.1, 0.15) is 5.82 Å². The van der Waals surface area contributed by atoms with Crippen LogP contribution in [0.3, 0.4) is 0 Å². The molecule has 1 aromatic heterocycles. The van der Waals surface area contributed by atoms with Crippen molar-refractivity contribution in [3.63, 3.8) is 0 Å². The molecule has 106 valence electrons. The smallest absolute Gasteiger partial charge is 0.165 e. The number of hydrogen-bond acceptors (Lipinski definition) is 4. The molecule has 1 aromatic carbocycles. The molecule has 0 saturated heterocycles. The Labute approximate surface area is 117 Å². The number of nitrogens with one attached hydrogen (secondary N) is 1. The van der Waals surface area contributed by atoms with Gasteiger partial charge in [0.25, 0.3) is 0 Å². The Kier molecular flexibility index (Phi) is 4.50. The van der Waals surface area contributed by atoms with E-state index in [1.807, 2.05) is 13.0 Å². The van der Waals surface area contributed by atoms with Crippen molar-refractivity contribution in [2.75, 3.05) is 11.9 Å². The number of nitrogens with zero attached hydrogens (tertiary/aromatic N) is 2. The zero-order valence-corrected chi connectivity index (χ0v) is 11.7. The van der Waals surface area contributed by atoms with E-state index in [1.165, 1.54) is 12.1 Å². The number of rotatable bonds is 5. The molecule has 2 aromatic rings. The Morgan fingerprint density at radius 3 is 2.65 bits per heavy atom. The highest BCUT2D eigenvalue weighted by atomic mass is 19.1. The Morgan fingerprint density at radius 1 is 1.20 bits per heavy atom. The number of benzene rings is 1. The van der Waals surface area contributed by atoms with Crippen molar-refractivity contribution in [2.45, 2.75) is 26.7 Å². The molecule has 1 heterocycles. The SMILES string of the molecule is CCCc1cc(NCC)nc(-c2ccc(O)c(F)c2)n1. The topological polar surface area (TPSA) is 58.0 Å². The Balaban J connectivity index is 2.45. The van der Waals surface area contributed by atoms with Gasteiger partial charge in [0.2, 0.25) is 0 Å². The molecule has 0 amide bonds. The highest BCUT2D eigenvalue weighted by Gasteiger charge is 2.09. The van der Waals surface area contributed by atoms with Crippen LogP contribution < -0.4 is 5.32 Å². The summed E-state index contributed by atoms with van der Waals surface area (Å²) in [4.78, 5) is 8.82. The van der Waals surface area contributed by atoms with Gasteiger partial charge in [-0.1, -0.05) is 13.3 Å². The maximum Gasteiger partial charge on any atom is 0.165 e. The number of phenols is 1. The van der Waals surface area contributed by atoms with Crippen molar-refractivity contribution >= 4 is 5.82 Å². The molecule has 0 unspecified atom stereocenters. The zero-order valence-electron chi connectivity index (χ0n) is 11.7. The fourth-order valence-electron chi connectivity index (χ4n) is 1.93. The van der Waals surface area contributed by atoms with Crippen molar-refractivity contribution < 1.29 is 9.50 Å². The lowest BCUT2D eigenvalue weighted by Gasteiger charge is -2.09. The molecule has 2 rings (SSSR count). The van der Waals surface area contributed by atoms with Crippen LogP contribution in [0.2, 0.25) is 0 Å². The number of halogens is 1. The molecule has 2 N–H and O–H groups in total. The average molecular weight is 275 g/mol. The molecular weight excluding hydrogens is 257 g/mol. The third-order valence-corrected chi connectivity index (χ3v) is 2.85. The van der Waals surface area contributed by atoms with Gasteiger partial charge in [-0.3, -0.25) is 0 Å². The minimum Gasteiger partial charge on any atom is -0.505 e. The first kappa shape index (κ1) is 14.2. The van der Waals surface area contributed by atoms with Crippen molar-refractivity contribution in [1.29, 1.82) is 0 Å². The van der Waals surface area contributed by atoms with Crippen LogP contribution in [0.15, 0.2) is 24.3 Å². The summed E-state index contributed by atoms with van der Waals surface area (Å²) in [7, 11) is 0. The summed E-state index contributed by atoms with van der Waals surface area (Å²) in [6.07, 6.45) is 1.82. The van der Waals surface area contributed by atoms with Crippen molar-refractivity contribution in [1.82, 2.24) is 9.97 Å². The normalized spacial score (nSPS) is 10.6. The highest BCUT2D eigenvalue weighted by Crippen LogP contribution is 2.24. The van der Waals surface area contributed by atoms with Gasteiger partial charge in [0.05, 0.1) is 0 Å². The van der Waals surface area contributed by atoms with Gasteiger partial charge in [0, 0.05) is 23.9 Å². The second-order valence-corrected chi connectivity index (χ2v) is 4.51. The number of phenolic OH excluding ortho intramolecular Hbond substituents is 1. The van der Waals surface area contributed by atoms with E-state index in [0.29, 0.717) is 11.4 Å². The van der Waals surface area contributed by atoms with Crippen LogP contribution in [0.5, 0.6) is 5.75 Å². The van der Waals surface area contributed by atoms with Gasteiger partial charge in [-0.25, -0.2) is 14.4 Å². The third-order valence-electron chi connectivity index (χ3n) is 2.85. The molecule has 0 aliphatic rings. The van der Waals surface area contributed by atoms with E-state index >= 15 is 0 Å². The quantitative estimate of drug-likeness (QED) is 0.878. The first-order chi connectivity index (χ1) is 9.63. The summed E-state index contributed by atoms with van der Waals surface area (Å²) < 4.78 is 13.4. The fraction of sp³-hybridized carbons (Fsp3) is 0.333. The lowest BCUT2D eigenvalue weighted by atomic mass is 10.1. The fourth-order valence-corrected chi connectivity index (χ4v) is 1.93. The largest absolute Gasteiger partial charge is 0.505 e. The van der Waals surface area contributed by atoms with E-state index in [1.54, 1.807) is 6.07 Å². The number of aromatic hydroxyl groups is 1. The molecular formula is C15H18FN3O. The predicted molar refractivity (Wildman–Crippen MR) is 77.2 cm³/mol. The number of aryl methyl sites for hydroxylation is 1. The number of aromatic nitrogens is 2. The monoisotopic (exact) mass is 275 g/mol. The van der Waals surface area contributed by atoms with E-state index in [9.17, 15) is 9.50 Å². The summed E-state index contributed by atoms with van der Waals surface area (Å²) >= 11 is 0. The van der Waals surface area contributed by atoms with Crippen molar-refractivity contribution in [3.05, 3.63) is 35.8 Å². The van der Waals surface area contributed by atoms with Gasteiger partial charge in [0.15, 0.2) is 17.4 Å². The second-order valence-electron chi connectivity index (χ2n) is 4.51. The standard InChI is InChI=1S/C15H18FN3O/c1-3-5-11-9-14(17-4-2)19-15(18-11)10-6-7-13(20)12(16)8-10/h6-9,20H,3-5H2,1-2H3,(H,17,18,19). The van der Waals surface area contributed by atoms with Crippen LogP contribution in [-0.2, 0) is 6.42 Å². The van der Waals surface area contributed by atoms with Crippen LogP contribution in [-0.4, -0.2) is 21.6 Å². The van der Waals surface area contributed by atoms with Crippen LogP contribution in [0.25, 0.3) is 11.4 Å². The molecule has 20 heavy (non-hydrogen) atoms. The average Bonchev–Trinajstić information content (AvgIpc) is 2.42. The van der Waals surface area contributed by atoms with Gasteiger partial charge in [-0.05, 0) is 31.5 Å². The molecule has 0 saturated carbocycles. The van der Waals surface area contributed by atoms with E-state index in [-0.39, 0.29) is 5.75 Å². The highest BCUT2D eigenvalue weighted by molar-refractivity contribution is 5.59. The van der Waals surface area contributed by atoms with Gasteiger partial charge >= 0.3 is 0 Å². The summed E-state index contributed by atoms with van der Waals surface area (Å²) in [5, 5.41) is 12.4. The third kappa shape index (κ3) is 3.23. The summed E-state index contributed by atoms with van der Waals surface area (Å²) in [5.74, 6) is 0.155. The van der Waals surface area contributed by atoms with Crippen LogP contribution in [0.1, 0.15) is 26.0 Å². The molecule has 0 fully saturated rings. The zero-order chi connectivity index (χ0) is 14.5. The van der Waals surface area contributed by atoms with E-state index in [2.05, 4.69) is 22.2 Å². The summed E-state index contributed by atoms with van der Waals surface area (Å²) in [6, 6.07) is 6.08. The maximum absolute atomic E-state index is 13.4. The number of anilines is 1.